The maximum absolute atomic E-state index is 12.1. The normalized spacial score (nSPS) is 12.1. The molecule has 0 aliphatic carbocycles. The minimum atomic E-state index is -0.194. The number of hydrogen-bond acceptors (Lipinski definition) is 6. The molecule has 1 aromatic carbocycles. The van der Waals surface area contributed by atoms with Crippen LogP contribution in [0.15, 0.2) is 52.2 Å². The van der Waals surface area contributed by atoms with Crippen LogP contribution >= 0.6 is 23.4 Å². The van der Waals surface area contributed by atoms with Crippen molar-refractivity contribution in [1.29, 1.82) is 0 Å². The van der Waals surface area contributed by atoms with E-state index in [1.165, 1.54) is 11.8 Å². The van der Waals surface area contributed by atoms with Crippen molar-refractivity contribution in [1.82, 2.24) is 25.5 Å². The highest BCUT2D eigenvalue weighted by molar-refractivity contribution is 7.99. The Labute approximate surface area is 147 Å². The second kappa shape index (κ2) is 7.50. The lowest BCUT2D eigenvalue weighted by Gasteiger charge is -2.11. The van der Waals surface area contributed by atoms with E-state index >= 15 is 0 Å². The van der Waals surface area contributed by atoms with E-state index in [0.29, 0.717) is 15.9 Å². The van der Waals surface area contributed by atoms with Gasteiger partial charge in [0.2, 0.25) is 11.1 Å². The van der Waals surface area contributed by atoms with Crippen molar-refractivity contribution in [2.45, 2.75) is 18.1 Å². The molecule has 0 unspecified atom stereocenters. The Kier molecular flexibility index (Phi) is 5.17. The zero-order valence-corrected chi connectivity index (χ0v) is 14.3. The van der Waals surface area contributed by atoms with Crippen molar-refractivity contribution in [2.75, 3.05) is 5.75 Å². The van der Waals surface area contributed by atoms with Crippen molar-refractivity contribution < 1.29 is 9.21 Å². The first kappa shape index (κ1) is 16.5. The number of furan rings is 1. The molecule has 2 heterocycles. The number of thioether (sulfide) groups is 1. The molecule has 0 fully saturated rings. The first-order chi connectivity index (χ1) is 11.6. The summed E-state index contributed by atoms with van der Waals surface area (Å²) in [6.07, 6.45) is 1.58. The van der Waals surface area contributed by atoms with Crippen molar-refractivity contribution in [3.8, 4) is 5.69 Å². The molecule has 0 saturated heterocycles. The molecule has 124 valence electrons. The fourth-order valence-corrected chi connectivity index (χ4v) is 2.86. The lowest BCUT2D eigenvalue weighted by Crippen LogP contribution is -2.28. The number of nitrogens with one attached hydrogen (secondary N) is 1. The molecule has 0 aliphatic rings. The van der Waals surface area contributed by atoms with E-state index in [1.807, 2.05) is 25.1 Å². The molecule has 0 bridgehead atoms. The number of aromatic nitrogens is 4. The van der Waals surface area contributed by atoms with Gasteiger partial charge in [-0.2, -0.15) is 4.68 Å². The average Bonchev–Trinajstić information content (AvgIpc) is 3.25. The molecule has 0 spiro atoms. The average molecular weight is 364 g/mol. The van der Waals surface area contributed by atoms with Crippen molar-refractivity contribution >= 4 is 29.3 Å². The molecule has 1 amide bonds. The van der Waals surface area contributed by atoms with Crippen LogP contribution in [0, 0.1) is 0 Å². The first-order valence-corrected chi connectivity index (χ1v) is 8.50. The van der Waals surface area contributed by atoms with Crippen LogP contribution < -0.4 is 5.32 Å². The predicted octanol–water partition coefficient (Wildman–Crippen LogP) is 2.88. The maximum atomic E-state index is 12.1. The molecular weight excluding hydrogens is 350 g/mol. The van der Waals surface area contributed by atoms with Crippen LogP contribution in [-0.2, 0) is 4.79 Å². The van der Waals surface area contributed by atoms with E-state index in [0.717, 1.165) is 5.69 Å². The van der Waals surface area contributed by atoms with E-state index in [2.05, 4.69) is 20.8 Å². The van der Waals surface area contributed by atoms with Gasteiger partial charge < -0.3 is 9.73 Å². The summed E-state index contributed by atoms with van der Waals surface area (Å²) in [6.45, 7) is 1.86. The summed E-state index contributed by atoms with van der Waals surface area (Å²) in [4.78, 5) is 12.1. The van der Waals surface area contributed by atoms with Gasteiger partial charge in [0, 0.05) is 5.02 Å². The quantitative estimate of drug-likeness (QED) is 0.678. The maximum Gasteiger partial charge on any atom is 0.231 e. The van der Waals surface area contributed by atoms with Gasteiger partial charge in [-0.15, -0.1) is 5.10 Å². The Morgan fingerprint density at radius 1 is 1.38 bits per heavy atom. The third-order valence-corrected chi connectivity index (χ3v) is 4.36. The number of hydrogen-bond donors (Lipinski definition) is 1. The third kappa shape index (κ3) is 3.95. The van der Waals surface area contributed by atoms with Crippen LogP contribution in [0.4, 0.5) is 0 Å². The highest BCUT2D eigenvalue weighted by Gasteiger charge is 2.15. The number of tetrazole rings is 1. The molecule has 7 nitrogen and oxygen atoms in total. The van der Waals surface area contributed by atoms with Gasteiger partial charge in [0.1, 0.15) is 5.76 Å². The zero-order chi connectivity index (χ0) is 16.9. The number of nitrogens with zero attached hydrogens (tertiary/aromatic N) is 4. The Morgan fingerprint density at radius 2 is 2.17 bits per heavy atom. The van der Waals surface area contributed by atoms with Crippen LogP contribution in [0.5, 0.6) is 0 Å². The third-order valence-electron chi connectivity index (χ3n) is 3.19. The van der Waals surface area contributed by atoms with Gasteiger partial charge in [0.05, 0.1) is 23.7 Å². The van der Waals surface area contributed by atoms with Gasteiger partial charge in [-0.05, 0) is 53.7 Å². The number of carbonyl (C=O) groups excluding carboxylic acids is 1. The van der Waals surface area contributed by atoms with E-state index in [9.17, 15) is 4.79 Å². The highest BCUT2D eigenvalue weighted by atomic mass is 35.5. The summed E-state index contributed by atoms with van der Waals surface area (Å²) in [5.74, 6) is 0.771. The molecule has 24 heavy (non-hydrogen) atoms. The van der Waals surface area contributed by atoms with E-state index < -0.39 is 0 Å². The molecular formula is C15H14ClN5O2S. The molecule has 0 aliphatic heterocycles. The topological polar surface area (TPSA) is 85.8 Å². The van der Waals surface area contributed by atoms with Crippen LogP contribution in [0.2, 0.25) is 5.02 Å². The lowest BCUT2D eigenvalue weighted by atomic mass is 10.2. The van der Waals surface area contributed by atoms with Crippen molar-refractivity contribution in [3.05, 3.63) is 53.4 Å². The smallest absolute Gasteiger partial charge is 0.231 e. The molecule has 9 heteroatoms. The van der Waals surface area contributed by atoms with E-state index in [1.54, 1.807) is 29.1 Å². The van der Waals surface area contributed by atoms with E-state index in [-0.39, 0.29) is 17.7 Å². The molecule has 3 rings (SSSR count). The molecule has 3 aromatic rings. The number of benzene rings is 1. The van der Waals surface area contributed by atoms with Gasteiger partial charge >= 0.3 is 0 Å². The molecule has 2 aromatic heterocycles. The molecule has 1 N–H and O–H groups in total. The van der Waals surface area contributed by atoms with Crippen molar-refractivity contribution in [3.63, 3.8) is 0 Å². The summed E-state index contributed by atoms with van der Waals surface area (Å²) in [6, 6.07) is 10.5. The minimum Gasteiger partial charge on any atom is -0.467 e. The Bertz CT molecular complexity index is 804. The fraction of sp³-hybridized carbons (Fsp3) is 0.200. The summed E-state index contributed by atoms with van der Waals surface area (Å²) in [5, 5.41) is 15.6. The number of carbonyl (C=O) groups is 1. The van der Waals surface area contributed by atoms with Gasteiger partial charge in [-0.3, -0.25) is 4.79 Å². The first-order valence-electron chi connectivity index (χ1n) is 7.13. The Balaban J connectivity index is 1.60. The van der Waals surface area contributed by atoms with Gasteiger partial charge in [-0.1, -0.05) is 23.4 Å². The molecule has 1 atom stereocenters. The predicted molar refractivity (Wildman–Crippen MR) is 90.2 cm³/mol. The van der Waals surface area contributed by atoms with Crippen molar-refractivity contribution in [2.24, 2.45) is 0 Å². The van der Waals surface area contributed by atoms with Crippen LogP contribution in [0.1, 0.15) is 18.7 Å². The van der Waals surface area contributed by atoms with Crippen LogP contribution in [-0.4, -0.2) is 31.9 Å². The number of rotatable bonds is 6. The molecule has 0 saturated carbocycles. The zero-order valence-electron chi connectivity index (χ0n) is 12.7. The lowest BCUT2D eigenvalue weighted by molar-refractivity contribution is -0.119. The summed E-state index contributed by atoms with van der Waals surface area (Å²) in [7, 11) is 0. The monoisotopic (exact) mass is 363 g/mol. The minimum absolute atomic E-state index is 0.130. The second-order valence-electron chi connectivity index (χ2n) is 4.94. The van der Waals surface area contributed by atoms with Gasteiger partial charge in [0.15, 0.2) is 0 Å². The Morgan fingerprint density at radius 3 is 2.88 bits per heavy atom. The SMILES string of the molecule is C[C@H](NC(=O)CSc1nnnn1-c1ccc(Cl)cc1)c1ccco1. The summed E-state index contributed by atoms with van der Waals surface area (Å²) < 4.78 is 6.82. The molecule has 0 radical (unpaired) electrons. The standard InChI is InChI=1S/C15H14ClN5O2S/c1-10(13-3-2-8-23-13)17-14(22)9-24-15-18-19-20-21(15)12-6-4-11(16)5-7-12/h2-8,10H,9H2,1H3,(H,17,22)/t10-/m0/s1. The number of amides is 1. The van der Waals surface area contributed by atoms with Crippen LogP contribution in [0.25, 0.3) is 5.69 Å². The van der Waals surface area contributed by atoms with Gasteiger partial charge in [0.25, 0.3) is 0 Å². The Hall–Kier alpha value is -2.32. The summed E-state index contributed by atoms with van der Waals surface area (Å²) >= 11 is 7.13. The largest absolute Gasteiger partial charge is 0.467 e. The van der Waals surface area contributed by atoms with E-state index in [4.69, 9.17) is 16.0 Å². The second-order valence-corrected chi connectivity index (χ2v) is 6.32. The highest BCUT2D eigenvalue weighted by Crippen LogP contribution is 2.20. The number of halogens is 1. The van der Waals surface area contributed by atoms with Crippen LogP contribution in [0.3, 0.4) is 0 Å². The fourth-order valence-electron chi connectivity index (χ4n) is 2.04. The van der Waals surface area contributed by atoms with Gasteiger partial charge in [-0.25, -0.2) is 0 Å². The summed E-state index contributed by atoms with van der Waals surface area (Å²) in [5.41, 5.74) is 0.774.